The van der Waals surface area contributed by atoms with E-state index in [9.17, 15) is 4.79 Å². The van der Waals surface area contributed by atoms with Gasteiger partial charge in [0.1, 0.15) is 0 Å². The maximum absolute atomic E-state index is 13.6. The summed E-state index contributed by atoms with van der Waals surface area (Å²) < 4.78 is 12.4. The molecule has 0 saturated heterocycles. The summed E-state index contributed by atoms with van der Waals surface area (Å²) in [5.74, 6) is 1.12. The number of carbonyl (C=O) groups is 1. The molecule has 0 fully saturated rings. The maximum Gasteiger partial charge on any atom is 0.260 e. The predicted octanol–water partition coefficient (Wildman–Crippen LogP) is 5.45. The van der Waals surface area contributed by atoms with Crippen LogP contribution in [0.4, 0.5) is 5.13 Å². The summed E-state index contributed by atoms with van der Waals surface area (Å²) >= 11 is 3.24. The molecule has 0 aliphatic carbocycles. The highest BCUT2D eigenvalue weighted by Gasteiger charge is 2.23. The third-order valence-electron chi connectivity index (χ3n) is 4.62. The molecule has 32 heavy (non-hydrogen) atoms. The molecule has 9 heteroatoms. The number of amides is 1. The minimum atomic E-state index is -0.102. The van der Waals surface area contributed by atoms with Gasteiger partial charge >= 0.3 is 0 Å². The Bertz CT molecular complexity index is 1040. The number of benzene rings is 2. The molecule has 0 atom stereocenters. The first kappa shape index (κ1) is 26.3. The third-order valence-corrected chi connectivity index (χ3v) is 6.39. The van der Waals surface area contributed by atoms with Crippen molar-refractivity contribution in [1.29, 1.82) is 0 Å². The molecule has 0 aliphatic rings. The summed E-state index contributed by atoms with van der Waals surface area (Å²) in [4.78, 5) is 23.3. The molecule has 2 aromatic carbocycles. The molecule has 0 aliphatic heterocycles. The third kappa shape index (κ3) is 6.28. The summed E-state index contributed by atoms with van der Waals surface area (Å²) in [5, 5.41) is 0.701. The molecular weight excluding hydrogens is 466 g/mol. The smallest absolute Gasteiger partial charge is 0.260 e. The fourth-order valence-corrected chi connectivity index (χ4v) is 4.60. The van der Waals surface area contributed by atoms with Crippen LogP contribution in [0.1, 0.15) is 24.2 Å². The number of anilines is 1. The zero-order valence-electron chi connectivity index (χ0n) is 19.1. The van der Waals surface area contributed by atoms with Gasteiger partial charge in [0.25, 0.3) is 5.91 Å². The first-order chi connectivity index (χ1) is 15.0. The molecule has 3 rings (SSSR count). The van der Waals surface area contributed by atoms with Crippen molar-refractivity contribution in [2.75, 3.05) is 51.6 Å². The average molecular weight is 496 g/mol. The van der Waals surface area contributed by atoms with Crippen LogP contribution in [0, 0.1) is 0 Å². The van der Waals surface area contributed by atoms with Crippen LogP contribution in [0.15, 0.2) is 41.3 Å². The van der Waals surface area contributed by atoms with E-state index in [0.29, 0.717) is 42.0 Å². The Morgan fingerprint density at radius 3 is 2.41 bits per heavy atom. The minimum absolute atomic E-state index is 0. The summed E-state index contributed by atoms with van der Waals surface area (Å²) in [6, 6.07) is 11.5. The second-order valence-electron chi connectivity index (χ2n) is 7.12. The van der Waals surface area contributed by atoms with Crippen LogP contribution >= 0.6 is 35.5 Å². The highest BCUT2D eigenvalue weighted by molar-refractivity contribution is 7.98. The Labute approximate surface area is 204 Å². The molecule has 1 aromatic heterocycles. The van der Waals surface area contributed by atoms with Crippen LogP contribution in [-0.2, 0) is 0 Å². The van der Waals surface area contributed by atoms with E-state index in [1.807, 2.05) is 34.0 Å². The van der Waals surface area contributed by atoms with E-state index in [4.69, 9.17) is 14.5 Å². The van der Waals surface area contributed by atoms with E-state index in [2.05, 4.69) is 23.3 Å². The van der Waals surface area contributed by atoms with Crippen LogP contribution in [0.25, 0.3) is 10.2 Å². The zero-order chi connectivity index (χ0) is 22.4. The van der Waals surface area contributed by atoms with Gasteiger partial charge in [-0.3, -0.25) is 9.69 Å². The molecule has 1 heterocycles. The summed E-state index contributed by atoms with van der Waals surface area (Å²) in [6.07, 6.45) is 2.05. The summed E-state index contributed by atoms with van der Waals surface area (Å²) in [6.45, 7) is 6.14. The SMILES string of the molecule is CCOc1ccc(C(=O)N(CCN(C)C)c2nc3ccc(SC)cc3s2)cc1OCC.Cl. The van der Waals surface area contributed by atoms with E-state index in [1.165, 1.54) is 4.90 Å². The maximum atomic E-state index is 13.6. The highest BCUT2D eigenvalue weighted by Crippen LogP contribution is 2.34. The molecule has 1 amide bonds. The Morgan fingerprint density at radius 1 is 1.03 bits per heavy atom. The van der Waals surface area contributed by atoms with Crippen molar-refractivity contribution in [3.63, 3.8) is 0 Å². The van der Waals surface area contributed by atoms with Crippen molar-refractivity contribution in [3.05, 3.63) is 42.0 Å². The van der Waals surface area contributed by atoms with E-state index >= 15 is 0 Å². The van der Waals surface area contributed by atoms with Gasteiger partial charge in [0.2, 0.25) is 0 Å². The Morgan fingerprint density at radius 2 is 1.75 bits per heavy atom. The quantitative estimate of drug-likeness (QED) is 0.349. The molecule has 6 nitrogen and oxygen atoms in total. The number of fused-ring (bicyclic) bond motifs is 1. The van der Waals surface area contributed by atoms with Gasteiger partial charge in [0.05, 0.1) is 23.4 Å². The topological polar surface area (TPSA) is 54.9 Å². The number of halogens is 1. The van der Waals surface area contributed by atoms with Crippen molar-refractivity contribution in [2.45, 2.75) is 18.7 Å². The molecule has 0 radical (unpaired) electrons. The van der Waals surface area contributed by atoms with Crippen molar-refractivity contribution in [3.8, 4) is 11.5 Å². The first-order valence-corrected chi connectivity index (χ1v) is 12.3. The summed E-state index contributed by atoms with van der Waals surface area (Å²) in [7, 11) is 3.99. The zero-order valence-corrected chi connectivity index (χ0v) is 21.5. The molecule has 3 aromatic rings. The normalized spacial score (nSPS) is 10.8. The van der Waals surface area contributed by atoms with E-state index in [-0.39, 0.29) is 18.3 Å². The molecule has 174 valence electrons. The van der Waals surface area contributed by atoms with Gasteiger partial charge in [0, 0.05) is 23.5 Å². The van der Waals surface area contributed by atoms with Crippen LogP contribution in [-0.4, -0.2) is 62.4 Å². The Hall–Kier alpha value is -2.00. The number of thioether (sulfide) groups is 1. The monoisotopic (exact) mass is 495 g/mol. The second-order valence-corrected chi connectivity index (χ2v) is 9.01. The number of carbonyl (C=O) groups excluding carboxylic acids is 1. The van der Waals surface area contributed by atoms with Crippen LogP contribution in [0.5, 0.6) is 11.5 Å². The van der Waals surface area contributed by atoms with Crippen molar-refractivity contribution >= 4 is 56.8 Å². The number of aromatic nitrogens is 1. The van der Waals surface area contributed by atoms with Gasteiger partial charge < -0.3 is 14.4 Å². The fourth-order valence-electron chi connectivity index (χ4n) is 3.06. The van der Waals surface area contributed by atoms with Gasteiger partial charge in [-0.2, -0.15) is 0 Å². The fraction of sp³-hybridized carbons (Fsp3) is 0.391. The Kier molecular flexibility index (Phi) is 10.1. The number of ether oxygens (including phenoxy) is 2. The predicted molar refractivity (Wildman–Crippen MR) is 138 cm³/mol. The van der Waals surface area contributed by atoms with E-state index in [1.54, 1.807) is 46.2 Å². The lowest BCUT2D eigenvalue weighted by atomic mass is 10.1. The van der Waals surface area contributed by atoms with Crippen molar-refractivity contribution < 1.29 is 14.3 Å². The van der Waals surface area contributed by atoms with Crippen LogP contribution in [0.3, 0.4) is 0 Å². The second kappa shape index (κ2) is 12.3. The number of hydrogen-bond acceptors (Lipinski definition) is 7. The van der Waals surface area contributed by atoms with E-state index < -0.39 is 0 Å². The van der Waals surface area contributed by atoms with Crippen LogP contribution < -0.4 is 14.4 Å². The molecule has 0 saturated carbocycles. The van der Waals surface area contributed by atoms with Crippen molar-refractivity contribution in [1.82, 2.24) is 9.88 Å². The van der Waals surface area contributed by atoms with Gasteiger partial charge in [0.15, 0.2) is 16.6 Å². The molecular formula is C23H30ClN3O3S2. The summed E-state index contributed by atoms with van der Waals surface area (Å²) in [5.41, 5.74) is 1.46. The lowest BCUT2D eigenvalue weighted by Gasteiger charge is -2.22. The van der Waals surface area contributed by atoms with Gasteiger partial charge in [-0.05, 0) is 70.6 Å². The number of nitrogens with zero attached hydrogens (tertiary/aromatic N) is 3. The van der Waals surface area contributed by atoms with E-state index in [0.717, 1.165) is 16.8 Å². The standard InChI is InChI=1S/C23H29N3O3S2.ClH/c1-6-28-19-11-8-16(14-20(19)29-7-2)22(27)26(13-12-25(3)4)23-24-18-10-9-17(30-5)15-21(18)31-23;/h8-11,14-15H,6-7,12-13H2,1-5H3;1H. The number of hydrogen-bond donors (Lipinski definition) is 0. The lowest BCUT2D eigenvalue weighted by molar-refractivity contribution is 0.0984. The molecule has 0 unspecified atom stereocenters. The van der Waals surface area contributed by atoms with Gasteiger partial charge in [-0.1, -0.05) is 11.3 Å². The van der Waals surface area contributed by atoms with Gasteiger partial charge in [-0.15, -0.1) is 24.2 Å². The molecule has 0 N–H and O–H groups in total. The molecule has 0 bridgehead atoms. The largest absolute Gasteiger partial charge is 0.490 e. The number of thiazole rings is 1. The first-order valence-electron chi connectivity index (χ1n) is 10.3. The lowest BCUT2D eigenvalue weighted by Crippen LogP contribution is -2.36. The highest BCUT2D eigenvalue weighted by atomic mass is 35.5. The number of likely N-dealkylation sites (N-methyl/N-ethyl adjacent to an activating group) is 1. The van der Waals surface area contributed by atoms with Crippen LogP contribution in [0.2, 0.25) is 0 Å². The minimum Gasteiger partial charge on any atom is -0.490 e. The number of rotatable bonds is 10. The molecule has 0 spiro atoms. The average Bonchev–Trinajstić information content (AvgIpc) is 3.17. The Balaban J connectivity index is 0.00000363. The van der Waals surface area contributed by atoms with Crippen molar-refractivity contribution in [2.24, 2.45) is 0 Å². The van der Waals surface area contributed by atoms with Gasteiger partial charge in [-0.25, -0.2) is 4.98 Å².